The minimum absolute atomic E-state index is 0.269. The van der Waals surface area contributed by atoms with Gasteiger partial charge in [-0.25, -0.2) is 0 Å². The van der Waals surface area contributed by atoms with E-state index < -0.39 is 11.7 Å². The maximum absolute atomic E-state index is 13.0. The van der Waals surface area contributed by atoms with Crippen molar-refractivity contribution in [3.8, 4) is 34.8 Å². The van der Waals surface area contributed by atoms with E-state index in [1.165, 1.54) is 47.7 Å². The Hall–Kier alpha value is -3.40. The lowest BCUT2D eigenvalue weighted by atomic mass is 9.91. The van der Waals surface area contributed by atoms with Crippen LogP contribution in [-0.4, -0.2) is 41.3 Å². The van der Waals surface area contributed by atoms with Gasteiger partial charge in [-0.15, -0.1) is 0 Å². The normalized spacial score (nSPS) is 11.1. The van der Waals surface area contributed by atoms with Crippen LogP contribution in [0, 0.1) is 11.3 Å². The summed E-state index contributed by atoms with van der Waals surface area (Å²) in [4.78, 5) is 13.0. The average molecular weight is 371 g/mol. The molecule has 1 atom stereocenters. The molecule has 2 aromatic carbocycles. The van der Waals surface area contributed by atoms with Gasteiger partial charge >= 0.3 is 0 Å². The van der Waals surface area contributed by atoms with Gasteiger partial charge in [0.1, 0.15) is 5.92 Å². The van der Waals surface area contributed by atoms with Crippen LogP contribution in [0.25, 0.3) is 0 Å². The summed E-state index contributed by atoms with van der Waals surface area (Å²) < 4.78 is 26.3. The summed E-state index contributed by atoms with van der Waals surface area (Å²) in [7, 11) is 7.40. The highest BCUT2D eigenvalue weighted by Crippen LogP contribution is 2.39. The Morgan fingerprint density at radius 2 is 1.37 bits per heavy atom. The SMILES string of the molecule is COc1ccc(C(C#N)C(=O)c2cc(OC)c(OC)c(OC)c2)cc1OC. The molecule has 7 nitrogen and oxygen atoms in total. The van der Waals surface area contributed by atoms with Gasteiger partial charge in [-0.2, -0.15) is 5.26 Å². The summed E-state index contributed by atoms with van der Waals surface area (Å²) in [6.45, 7) is 0. The molecule has 0 amide bonds. The predicted octanol–water partition coefficient (Wildman–Crippen LogP) is 3.22. The third kappa shape index (κ3) is 3.90. The topological polar surface area (TPSA) is 87.0 Å². The summed E-state index contributed by atoms with van der Waals surface area (Å²) in [6.07, 6.45) is 0. The number of ketones is 1. The van der Waals surface area contributed by atoms with Crippen molar-refractivity contribution < 1.29 is 28.5 Å². The van der Waals surface area contributed by atoms with Gasteiger partial charge < -0.3 is 23.7 Å². The molecule has 1 unspecified atom stereocenters. The molecule has 0 spiro atoms. The molecule has 0 heterocycles. The van der Waals surface area contributed by atoms with Crippen LogP contribution in [0.3, 0.4) is 0 Å². The maximum Gasteiger partial charge on any atom is 0.203 e. The molecule has 0 radical (unpaired) electrons. The van der Waals surface area contributed by atoms with Crippen molar-refractivity contribution in [2.75, 3.05) is 35.5 Å². The van der Waals surface area contributed by atoms with Gasteiger partial charge in [0, 0.05) is 5.56 Å². The van der Waals surface area contributed by atoms with Crippen molar-refractivity contribution in [2.24, 2.45) is 0 Å². The van der Waals surface area contributed by atoms with Crippen LogP contribution in [0.1, 0.15) is 21.8 Å². The molecule has 0 bridgehead atoms. The first-order valence-corrected chi connectivity index (χ1v) is 8.00. The minimum Gasteiger partial charge on any atom is -0.493 e. The van der Waals surface area contributed by atoms with Gasteiger partial charge in [0.25, 0.3) is 0 Å². The molecule has 0 aliphatic rings. The summed E-state index contributed by atoms with van der Waals surface area (Å²) in [6, 6.07) is 10.0. The molecule has 0 aromatic heterocycles. The second-order valence-electron chi connectivity index (χ2n) is 5.45. The quantitative estimate of drug-likeness (QED) is 0.658. The van der Waals surface area contributed by atoms with Gasteiger partial charge in [-0.05, 0) is 29.8 Å². The largest absolute Gasteiger partial charge is 0.493 e. The number of methoxy groups -OCH3 is 5. The van der Waals surface area contributed by atoms with Gasteiger partial charge in [0.05, 0.1) is 41.6 Å². The number of ether oxygens (including phenoxy) is 5. The van der Waals surface area contributed by atoms with Crippen LogP contribution >= 0.6 is 0 Å². The fourth-order valence-corrected chi connectivity index (χ4v) is 2.71. The number of carbonyl (C=O) groups is 1. The molecule has 2 aromatic rings. The van der Waals surface area contributed by atoms with Crippen LogP contribution in [0.2, 0.25) is 0 Å². The lowest BCUT2D eigenvalue weighted by Crippen LogP contribution is -2.12. The van der Waals surface area contributed by atoms with E-state index in [4.69, 9.17) is 23.7 Å². The smallest absolute Gasteiger partial charge is 0.203 e. The standard InChI is InChI=1S/C20H21NO6/c1-23-15-7-6-12(8-16(15)24-2)14(11-21)19(22)13-9-17(25-3)20(27-5)18(10-13)26-4/h6-10,14H,1-5H3. The number of hydrogen-bond donors (Lipinski definition) is 0. The first kappa shape index (κ1) is 19.9. The van der Waals surface area contributed by atoms with Crippen molar-refractivity contribution in [3.63, 3.8) is 0 Å². The molecule has 0 fully saturated rings. The number of rotatable bonds is 8. The van der Waals surface area contributed by atoms with Crippen molar-refractivity contribution in [1.29, 1.82) is 5.26 Å². The second-order valence-corrected chi connectivity index (χ2v) is 5.45. The second kappa shape index (κ2) is 8.81. The minimum atomic E-state index is -1.03. The summed E-state index contributed by atoms with van der Waals surface area (Å²) in [5.74, 6) is 0.562. The number of hydrogen-bond acceptors (Lipinski definition) is 7. The zero-order valence-electron chi connectivity index (χ0n) is 15.9. The third-order valence-electron chi connectivity index (χ3n) is 4.08. The van der Waals surface area contributed by atoms with E-state index in [0.717, 1.165) is 0 Å². The van der Waals surface area contributed by atoms with Crippen LogP contribution in [0.15, 0.2) is 30.3 Å². The number of carbonyl (C=O) groups excluding carboxylic acids is 1. The molecule has 0 aliphatic carbocycles. The van der Waals surface area contributed by atoms with Crippen molar-refractivity contribution in [1.82, 2.24) is 0 Å². The van der Waals surface area contributed by atoms with Gasteiger partial charge in [0.2, 0.25) is 5.75 Å². The summed E-state index contributed by atoms with van der Waals surface area (Å²) >= 11 is 0. The van der Waals surface area contributed by atoms with Gasteiger partial charge in [-0.1, -0.05) is 6.07 Å². The zero-order chi connectivity index (χ0) is 20.0. The lowest BCUT2D eigenvalue weighted by molar-refractivity contribution is 0.0978. The van der Waals surface area contributed by atoms with Crippen molar-refractivity contribution >= 4 is 5.78 Å². The van der Waals surface area contributed by atoms with E-state index in [0.29, 0.717) is 34.3 Å². The Morgan fingerprint density at radius 1 is 0.815 bits per heavy atom. The van der Waals surface area contributed by atoms with Crippen LogP contribution in [0.5, 0.6) is 28.7 Å². The highest BCUT2D eigenvalue weighted by atomic mass is 16.5. The molecular weight excluding hydrogens is 350 g/mol. The van der Waals surface area contributed by atoms with E-state index in [1.807, 2.05) is 0 Å². The summed E-state index contributed by atoms with van der Waals surface area (Å²) in [5, 5.41) is 9.62. The Balaban J connectivity index is 2.50. The molecule has 0 saturated carbocycles. The van der Waals surface area contributed by atoms with E-state index >= 15 is 0 Å². The fourth-order valence-electron chi connectivity index (χ4n) is 2.71. The Morgan fingerprint density at radius 3 is 1.81 bits per heavy atom. The highest BCUT2D eigenvalue weighted by Gasteiger charge is 2.26. The molecule has 7 heteroatoms. The molecule has 0 aliphatic heterocycles. The van der Waals surface area contributed by atoms with E-state index in [1.54, 1.807) is 18.2 Å². The number of Topliss-reactive ketones (excluding diaryl/α,β-unsaturated/α-hetero) is 1. The maximum atomic E-state index is 13.0. The van der Waals surface area contributed by atoms with Crippen LogP contribution in [0.4, 0.5) is 0 Å². The van der Waals surface area contributed by atoms with Gasteiger partial charge in [0.15, 0.2) is 28.8 Å². The fraction of sp³-hybridized carbons (Fsp3) is 0.300. The molecular formula is C20H21NO6. The predicted molar refractivity (Wildman–Crippen MR) is 98.3 cm³/mol. The van der Waals surface area contributed by atoms with E-state index in [2.05, 4.69) is 6.07 Å². The van der Waals surface area contributed by atoms with Crippen LogP contribution < -0.4 is 23.7 Å². The van der Waals surface area contributed by atoms with E-state index in [-0.39, 0.29) is 5.56 Å². The lowest BCUT2D eigenvalue weighted by Gasteiger charge is -2.16. The summed E-state index contributed by atoms with van der Waals surface area (Å²) in [5.41, 5.74) is 0.764. The molecule has 0 N–H and O–H groups in total. The van der Waals surface area contributed by atoms with E-state index in [9.17, 15) is 10.1 Å². The molecule has 0 saturated heterocycles. The van der Waals surface area contributed by atoms with Crippen molar-refractivity contribution in [3.05, 3.63) is 41.5 Å². The molecule has 27 heavy (non-hydrogen) atoms. The average Bonchev–Trinajstić information content (AvgIpc) is 2.72. The molecule has 2 rings (SSSR count). The Labute approximate surface area is 158 Å². The monoisotopic (exact) mass is 371 g/mol. The van der Waals surface area contributed by atoms with Gasteiger partial charge in [-0.3, -0.25) is 4.79 Å². The Bertz CT molecular complexity index is 846. The molecule has 142 valence electrons. The first-order valence-electron chi connectivity index (χ1n) is 8.00. The van der Waals surface area contributed by atoms with Crippen LogP contribution in [-0.2, 0) is 0 Å². The van der Waals surface area contributed by atoms with Crippen molar-refractivity contribution in [2.45, 2.75) is 5.92 Å². The Kier molecular flexibility index (Phi) is 6.50. The highest BCUT2D eigenvalue weighted by molar-refractivity contribution is 6.03. The number of benzene rings is 2. The number of nitrogens with zero attached hydrogens (tertiary/aromatic N) is 1. The zero-order valence-corrected chi connectivity index (χ0v) is 15.9. The number of nitriles is 1. The first-order chi connectivity index (χ1) is 13.0. The third-order valence-corrected chi connectivity index (χ3v) is 4.08.